The third-order valence-corrected chi connectivity index (χ3v) is 7.98. The highest BCUT2D eigenvalue weighted by Crippen LogP contribution is 2.20. The molecule has 1 aliphatic heterocycles. The number of para-hydroxylation sites is 1. The summed E-state index contributed by atoms with van der Waals surface area (Å²) in [6.07, 6.45) is 1.21. The van der Waals surface area contributed by atoms with Crippen LogP contribution in [-0.4, -0.2) is 55.7 Å². The molecular formula is C24H32N4O4S. The van der Waals surface area contributed by atoms with Crippen LogP contribution in [0.1, 0.15) is 32.3 Å². The number of piperidine rings is 1. The number of hydrogen-bond acceptors (Lipinski definition) is 4. The average molecular weight is 473 g/mol. The predicted molar refractivity (Wildman–Crippen MR) is 128 cm³/mol. The summed E-state index contributed by atoms with van der Waals surface area (Å²) in [6, 6.07) is 15.8. The summed E-state index contributed by atoms with van der Waals surface area (Å²) in [4.78, 5) is 27.0. The molecule has 0 aliphatic carbocycles. The van der Waals surface area contributed by atoms with Crippen molar-refractivity contribution in [3.8, 4) is 0 Å². The largest absolute Gasteiger partial charge is 0.352 e. The first kappa shape index (κ1) is 24.7. The number of carbonyl (C=O) groups is 2. The van der Waals surface area contributed by atoms with Crippen molar-refractivity contribution in [1.29, 1.82) is 0 Å². The predicted octanol–water partition coefficient (Wildman–Crippen LogP) is 3.28. The molecule has 0 unspecified atom stereocenters. The minimum absolute atomic E-state index is 0.0436. The second-order valence-corrected chi connectivity index (χ2v) is 9.95. The Balaban J connectivity index is 1.46. The number of hydrogen-bond donors (Lipinski definition) is 2. The summed E-state index contributed by atoms with van der Waals surface area (Å²) in [5, 5.41) is 5.81. The SMILES string of the molecule is CCN(CC)S(=O)(=O)c1ccc(CNC(=O)C2CCN(C(=O)Nc3ccccc3)CC2)cc1. The first-order valence-electron chi connectivity index (χ1n) is 11.3. The van der Waals surface area contributed by atoms with E-state index in [4.69, 9.17) is 0 Å². The van der Waals surface area contributed by atoms with Crippen LogP contribution in [0, 0.1) is 5.92 Å². The van der Waals surface area contributed by atoms with Crippen molar-refractivity contribution in [2.45, 2.75) is 38.1 Å². The minimum atomic E-state index is -3.49. The van der Waals surface area contributed by atoms with E-state index >= 15 is 0 Å². The monoisotopic (exact) mass is 472 g/mol. The van der Waals surface area contributed by atoms with Crippen LogP contribution in [0.25, 0.3) is 0 Å². The summed E-state index contributed by atoms with van der Waals surface area (Å²) in [6.45, 7) is 5.84. The normalized spacial score (nSPS) is 14.8. The van der Waals surface area contributed by atoms with Crippen molar-refractivity contribution in [2.24, 2.45) is 5.92 Å². The van der Waals surface area contributed by atoms with Crippen molar-refractivity contribution < 1.29 is 18.0 Å². The molecule has 2 aromatic rings. The van der Waals surface area contributed by atoms with Crippen LogP contribution in [0.4, 0.5) is 10.5 Å². The van der Waals surface area contributed by atoms with Gasteiger partial charge in [-0.15, -0.1) is 0 Å². The minimum Gasteiger partial charge on any atom is -0.352 e. The van der Waals surface area contributed by atoms with E-state index in [1.165, 1.54) is 4.31 Å². The van der Waals surface area contributed by atoms with E-state index in [0.717, 1.165) is 11.3 Å². The first-order chi connectivity index (χ1) is 15.8. The molecule has 0 atom stereocenters. The van der Waals surface area contributed by atoms with Gasteiger partial charge in [-0.05, 0) is 42.7 Å². The maximum absolute atomic E-state index is 12.6. The van der Waals surface area contributed by atoms with Gasteiger partial charge in [-0.25, -0.2) is 13.2 Å². The summed E-state index contributed by atoms with van der Waals surface area (Å²) in [7, 11) is -3.49. The van der Waals surface area contributed by atoms with E-state index in [1.54, 1.807) is 29.2 Å². The fraction of sp³-hybridized carbons (Fsp3) is 0.417. The van der Waals surface area contributed by atoms with Crippen LogP contribution in [0.3, 0.4) is 0 Å². The number of urea groups is 1. The van der Waals surface area contributed by atoms with Crippen molar-refractivity contribution in [2.75, 3.05) is 31.5 Å². The Morgan fingerprint density at radius 2 is 1.58 bits per heavy atom. The number of amides is 3. The molecule has 2 N–H and O–H groups in total. The Bertz CT molecular complexity index is 1030. The number of nitrogens with zero attached hydrogens (tertiary/aromatic N) is 2. The molecule has 2 aromatic carbocycles. The number of rotatable bonds is 8. The van der Waals surface area contributed by atoms with Crippen LogP contribution in [0.2, 0.25) is 0 Å². The zero-order valence-electron chi connectivity index (χ0n) is 19.2. The number of sulfonamides is 1. The molecule has 33 heavy (non-hydrogen) atoms. The summed E-state index contributed by atoms with van der Waals surface area (Å²) < 4.78 is 26.6. The van der Waals surface area contributed by atoms with Gasteiger partial charge in [-0.3, -0.25) is 4.79 Å². The van der Waals surface area contributed by atoms with E-state index in [0.29, 0.717) is 45.6 Å². The number of nitrogens with one attached hydrogen (secondary N) is 2. The summed E-state index contributed by atoms with van der Waals surface area (Å²) in [5.41, 5.74) is 1.58. The van der Waals surface area contributed by atoms with Gasteiger partial charge in [0.15, 0.2) is 0 Å². The lowest BCUT2D eigenvalue weighted by Gasteiger charge is -2.31. The molecule has 178 valence electrons. The van der Waals surface area contributed by atoms with E-state index in [2.05, 4.69) is 10.6 Å². The zero-order valence-corrected chi connectivity index (χ0v) is 20.0. The smallest absolute Gasteiger partial charge is 0.321 e. The highest BCUT2D eigenvalue weighted by Gasteiger charge is 2.27. The Morgan fingerprint density at radius 3 is 2.15 bits per heavy atom. The topological polar surface area (TPSA) is 98.8 Å². The van der Waals surface area contributed by atoms with Crippen molar-refractivity contribution in [3.63, 3.8) is 0 Å². The van der Waals surface area contributed by atoms with Crippen molar-refractivity contribution in [1.82, 2.24) is 14.5 Å². The third kappa shape index (κ3) is 6.33. The van der Waals surface area contributed by atoms with Crippen molar-refractivity contribution in [3.05, 3.63) is 60.2 Å². The molecule has 0 radical (unpaired) electrons. The number of carbonyl (C=O) groups excluding carboxylic acids is 2. The molecule has 1 aliphatic rings. The van der Waals surface area contributed by atoms with Gasteiger partial charge in [0.05, 0.1) is 4.90 Å². The van der Waals surface area contributed by atoms with Crippen LogP contribution in [-0.2, 0) is 21.4 Å². The van der Waals surface area contributed by atoms with Gasteiger partial charge in [0.1, 0.15) is 0 Å². The molecule has 1 fully saturated rings. The summed E-state index contributed by atoms with van der Waals surface area (Å²) >= 11 is 0. The molecule has 9 heteroatoms. The van der Waals surface area contributed by atoms with Gasteiger partial charge in [0.25, 0.3) is 0 Å². The van der Waals surface area contributed by atoms with Crippen LogP contribution in [0.15, 0.2) is 59.5 Å². The molecule has 1 heterocycles. The Kier molecular flexibility index (Phi) is 8.46. The Labute approximate surface area is 196 Å². The molecule has 1 saturated heterocycles. The Hall–Kier alpha value is -2.91. The number of likely N-dealkylation sites (tertiary alicyclic amines) is 1. The standard InChI is InChI=1S/C24H32N4O4S/c1-3-28(4-2)33(31,32)22-12-10-19(11-13-22)18-25-23(29)20-14-16-27(17-15-20)24(30)26-21-8-6-5-7-9-21/h5-13,20H,3-4,14-18H2,1-2H3,(H,25,29)(H,26,30). The first-order valence-corrected chi connectivity index (χ1v) is 12.8. The van der Waals surface area contributed by atoms with Gasteiger partial charge in [0, 0.05) is 44.3 Å². The lowest BCUT2D eigenvalue weighted by Crippen LogP contribution is -2.44. The Morgan fingerprint density at radius 1 is 0.970 bits per heavy atom. The van der Waals surface area contributed by atoms with Crippen molar-refractivity contribution >= 4 is 27.6 Å². The molecular weight excluding hydrogens is 440 g/mol. The highest BCUT2D eigenvalue weighted by molar-refractivity contribution is 7.89. The number of benzene rings is 2. The molecule has 0 spiro atoms. The van der Waals surface area contributed by atoms with E-state index < -0.39 is 10.0 Å². The van der Waals surface area contributed by atoms with Gasteiger partial charge in [0.2, 0.25) is 15.9 Å². The summed E-state index contributed by atoms with van der Waals surface area (Å²) in [5.74, 6) is -0.189. The third-order valence-electron chi connectivity index (χ3n) is 5.91. The van der Waals surface area contributed by atoms with Gasteiger partial charge >= 0.3 is 6.03 Å². The molecule has 3 rings (SSSR count). The lowest BCUT2D eigenvalue weighted by molar-refractivity contribution is -0.126. The second kappa shape index (κ2) is 11.3. The highest BCUT2D eigenvalue weighted by atomic mass is 32.2. The van der Waals surface area contributed by atoms with E-state index in [9.17, 15) is 18.0 Å². The van der Waals surface area contributed by atoms with Crippen LogP contribution in [0.5, 0.6) is 0 Å². The van der Waals surface area contributed by atoms with Gasteiger partial charge in [-0.2, -0.15) is 4.31 Å². The van der Waals surface area contributed by atoms with Crippen LogP contribution < -0.4 is 10.6 Å². The molecule has 3 amide bonds. The molecule has 8 nitrogen and oxygen atoms in total. The number of anilines is 1. The zero-order chi connectivity index (χ0) is 23.8. The maximum Gasteiger partial charge on any atom is 0.321 e. The maximum atomic E-state index is 12.6. The average Bonchev–Trinajstić information content (AvgIpc) is 2.84. The quantitative estimate of drug-likeness (QED) is 0.616. The fourth-order valence-corrected chi connectivity index (χ4v) is 5.35. The molecule has 0 bridgehead atoms. The second-order valence-electron chi connectivity index (χ2n) is 8.01. The fourth-order valence-electron chi connectivity index (χ4n) is 3.89. The van der Waals surface area contributed by atoms with Gasteiger partial charge in [-0.1, -0.05) is 44.2 Å². The molecule has 0 saturated carbocycles. The van der Waals surface area contributed by atoms with E-state index in [1.807, 2.05) is 44.2 Å². The van der Waals surface area contributed by atoms with Gasteiger partial charge < -0.3 is 15.5 Å². The van der Waals surface area contributed by atoms with E-state index in [-0.39, 0.29) is 22.8 Å². The van der Waals surface area contributed by atoms with Crippen LogP contribution >= 0.6 is 0 Å². The lowest BCUT2D eigenvalue weighted by atomic mass is 9.96. The molecule has 0 aromatic heterocycles.